The van der Waals surface area contributed by atoms with Gasteiger partial charge in [-0.05, 0) is 30.4 Å². The maximum Gasteiger partial charge on any atom is 0.288 e. The third-order valence-corrected chi connectivity index (χ3v) is 6.60. The van der Waals surface area contributed by atoms with E-state index < -0.39 is 11.5 Å². The van der Waals surface area contributed by atoms with E-state index in [1.807, 2.05) is 24.3 Å². The SMILES string of the molecule is CC1CCCN(c2nn3c(=O)c(C(=O)NCc4ccccc4Br)cnc3s2)C1. The highest BCUT2D eigenvalue weighted by Crippen LogP contribution is 2.26. The second-order valence-electron chi connectivity index (χ2n) is 7.02. The molecule has 1 amide bonds. The highest BCUT2D eigenvalue weighted by Gasteiger charge is 2.22. The first-order valence-corrected chi connectivity index (χ1v) is 10.8. The smallest absolute Gasteiger partial charge is 0.288 e. The van der Waals surface area contributed by atoms with Crippen molar-refractivity contribution in [3.63, 3.8) is 0 Å². The van der Waals surface area contributed by atoms with Gasteiger partial charge < -0.3 is 10.2 Å². The molecule has 2 aromatic heterocycles. The molecule has 0 bridgehead atoms. The number of rotatable bonds is 4. The molecule has 9 heteroatoms. The number of nitrogens with one attached hydrogen (secondary N) is 1. The Bertz CT molecular complexity index is 1080. The molecule has 3 aromatic rings. The summed E-state index contributed by atoms with van der Waals surface area (Å²) in [5.74, 6) is 0.146. The van der Waals surface area contributed by atoms with Crippen molar-refractivity contribution in [1.29, 1.82) is 0 Å². The van der Waals surface area contributed by atoms with E-state index in [2.05, 4.69) is 43.2 Å². The number of carbonyl (C=O) groups is 1. The summed E-state index contributed by atoms with van der Waals surface area (Å²) >= 11 is 4.83. The van der Waals surface area contributed by atoms with Gasteiger partial charge in [-0.25, -0.2) is 4.98 Å². The minimum absolute atomic E-state index is 0.00610. The quantitative estimate of drug-likeness (QED) is 0.645. The summed E-state index contributed by atoms with van der Waals surface area (Å²) in [7, 11) is 0. The van der Waals surface area contributed by atoms with Gasteiger partial charge in [0, 0.05) is 30.3 Å². The summed E-state index contributed by atoms with van der Waals surface area (Å²) in [5, 5.41) is 8.00. The predicted octanol–water partition coefficient (Wildman–Crippen LogP) is 3.08. The van der Waals surface area contributed by atoms with Gasteiger partial charge in [-0.1, -0.05) is 52.4 Å². The van der Waals surface area contributed by atoms with E-state index >= 15 is 0 Å². The van der Waals surface area contributed by atoms with E-state index in [4.69, 9.17) is 0 Å². The molecule has 1 N–H and O–H groups in total. The first-order valence-electron chi connectivity index (χ1n) is 9.18. The first-order chi connectivity index (χ1) is 13.5. The lowest BCUT2D eigenvalue weighted by Crippen LogP contribution is -2.34. The molecule has 3 heterocycles. The summed E-state index contributed by atoms with van der Waals surface area (Å²) < 4.78 is 2.15. The molecule has 28 heavy (non-hydrogen) atoms. The summed E-state index contributed by atoms with van der Waals surface area (Å²) in [4.78, 5) is 32.3. The fourth-order valence-electron chi connectivity index (χ4n) is 3.34. The van der Waals surface area contributed by atoms with Gasteiger partial charge in [-0.15, -0.1) is 5.10 Å². The monoisotopic (exact) mass is 461 g/mol. The van der Waals surface area contributed by atoms with Crippen LogP contribution in [0, 0.1) is 5.92 Å². The molecule has 1 atom stereocenters. The fourth-order valence-corrected chi connectivity index (χ4v) is 4.66. The Kier molecular flexibility index (Phi) is 5.45. The zero-order chi connectivity index (χ0) is 19.7. The number of hydrogen-bond acceptors (Lipinski definition) is 6. The average molecular weight is 462 g/mol. The maximum absolute atomic E-state index is 12.8. The zero-order valence-corrected chi connectivity index (χ0v) is 17.8. The van der Waals surface area contributed by atoms with Crippen LogP contribution in [0.1, 0.15) is 35.7 Å². The molecule has 1 fully saturated rings. The van der Waals surface area contributed by atoms with Gasteiger partial charge in [0.15, 0.2) is 0 Å². The van der Waals surface area contributed by atoms with Crippen LogP contribution in [0.3, 0.4) is 0 Å². The molecule has 0 spiro atoms. The minimum Gasteiger partial charge on any atom is -0.348 e. The van der Waals surface area contributed by atoms with Gasteiger partial charge in [0.1, 0.15) is 5.56 Å². The van der Waals surface area contributed by atoms with Crippen molar-refractivity contribution in [3.8, 4) is 0 Å². The van der Waals surface area contributed by atoms with Gasteiger partial charge in [0.05, 0.1) is 0 Å². The molecular weight excluding hydrogens is 442 g/mol. The van der Waals surface area contributed by atoms with E-state index in [9.17, 15) is 9.59 Å². The van der Waals surface area contributed by atoms with Crippen LogP contribution in [0.25, 0.3) is 4.96 Å². The van der Waals surface area contributed by atoms with E-state index in [1.165, 1.54) is 28.5 Å². The Hall–Kier alpha value is -2.26. The largest absolute Gasteiger partial charge is 0.348 e. The third kappa shape index (κ3) is 3.81. The van der Waals surface area contributed by atoms with Crippen LogP contribution in [0.4, 0.5) is 5.13 Å². The Morgan fingerprint density at radius 3 is 3.00 bits per heavy atom. The number of anilines is 1. The van der Waals surface area contributed by atoms with E-state index in [-0.39, 0.29) is 5.56 Å². The lowest BCUT2D eigenvalue weighted by molar-refractivity contribution is 0.0948. The normalized spacial score (nSPS) is 17.1. The minimum atomic E-state index is -0.455. The van der Waals surface area contributed by atoms with Crippen LogP contribution in [-0.4, -0.2) is 33.6 Å². The van der Waals surface area contributed by atoms with Crippen molar-refractivity contribution in [2.75, 3.05) is 18.0 Å². The highest BCUT2D eigenvalue weighted by molar-refractivity contribution is 9.10. The number of halogens is 1. The lowest BCUT2D eigenvalue weighted by atomic mass is 10.0. The third-order valence-electron chi connectivity index (χ3n) is 4.85. The molecule has 1 aromatic carbocycles. The maximum atomic E-state index is 12.8. The van der Waals surface area contributed by atoms with E-state index in [1.54, 1.807) is 0 Å². The zero-order valence-electron chi connectivity index (χ0n) is 15.4. The van der Waals surface area contributed by atoms with E-state index in [0.29, 0.717) is 17.4 Å². The number of nitrogens with zero attached hydrogens (tertiary/aromatic N) is 4. The number of fused-ring (bicyclic) bond motifs is 1. The van der Waals surface area contributed by atoms with Crippen molar-refractivity contribution in [2.24, 2.45) is 5.92 Å². The van der Waals surface area contributed by atoms with Crippen LogP contribution < -0.4 is 15.8 Å². The Labute approximate surface area is 174 Å². The predicted molar refractivity (Wildman–Crippen MR) is 113 cm³/mol. The van der Waals surface area contributed by atoms with Crippen molar-refractivity contribution >= 4 is 43.3 Å². The molecule has 7 nitrogen and oxygen atoms in total. The molecular formula is C19H20BrN5O2S. The van der Waals surface area contributed by atoms with Crippen LogP contribution >= 0.6 is 27.3 Å². The summed E-state index contributed by atoms with van der Waals surface area (Å²) in [6.45, 7) is 4.39. The van der Waals surface area contributed by atoms with Crippen LogP contribution in [-0.2, 0) is 6.54 Å². The summed E-state index contributed by atoms with van der Waals surface area (Å²) in [6.07, 6.45) is 3.66. The van der Waals surface area contributed by atoms with Gasteiger partial charge in [0.25, 0.3) is 11.5 Å². The summed E-state index contributed by atoms with van der Waals surface area (Å²) in [5.41, 5.74) is 0.482. The standard InChI is InChI=1S/C19H20BrN5O2S/c1-12-5-4-8-24(11-12)19-23-25-17(27)14(10-22-18(25)28-19)16(26)21-9-13-6-2-3-7-15(13)20/h2-3,6-7,10,12H,4-5,8-9,11H2,1H3,(H,21,26). The molecule has 4 rings (SSSR count). The highest BCUT2D eigenvalue weighted by atomic mass is 79.9. The summed E-state index contributed by atoms with van der Waals surface area (Å²) in [6, 6.07) is 7.61. The van der Waals surface area contributed by atoms with Crippen LogP contribution in [0.15, 0.2) is 39.7 Å². The van der Waals surface area contributed by atoms with Crippen molar-refractivity contribution in [1.82, 2.24) is 19.9 Å². The average Bonchev–Trinajstić information content (AvgIpc) is 3.13. The number of amides is 1. The second kappa shape index (κ2) is 8.00. The molecule has 1 unspecified atom stereocenters. The van der Waals surface area contributed by atoms with Crippen molar-refractivity contribution in [2.45, 2.75) is 26.3 Å². The van der Waals surface area contributed by atoms with Crippen LogP contribution in [0.2, 0.25) is 0 Å². The number of benzene rings is 1. The van der Waals surface area contributed by atoms with Crippen molar-refractivity contribution in [3.05, 3.63) is 56.4 Å². The van der Waals surface area contributed by atoms with Crippen LogP contribution in [0.5, 0.6) is 0 Å². The Balaban J connectivity index is 1.56. The second-order valence-corrected chi connectivity index (χ2v) is 8.81. The Morgan fingerprint density at radius 2 is 2.21 bits per heavy atom. The first kappa shape index (κ1) is 19.1. The van der Waals surface area contributed by atoms with E-state index in [0.717, 1.165) is 34.7 Å². The van der Waals surface area contributed by atoms with Crippen molar-refractivity contribution < 1.29 is 4.79 Å². The van der Waals surface area contributed by atoms with Gasteiger partial charge in [-0.3, -0.25) is 9.59 Å². The number of aromatic nitrogens is 3. The Morgan fingerprint density at radius 1 is 1.39 bits per heavy atom. The molecule has 1 aliphatic rings. The molecule has 0 saturated carbocycles. The topological polar surface area (TPSA) is 79.6 Å². The molecule has 1 saturated heterocycles. The van der Waals surface area contributed by atoms with Gasteiger partial charge >= 0.3 is 0 Å². The lowest BCUT2D eigenvalue weighted by Gasteiger charge is -2.30. The number of piperidine rings is 1. The van der Waals surface area contributed by atoms with Gasteiger partial charge in [0.2, 0.25) is 10.1 Å². The molecule has 1 aliphatic heterocycles. The molecule has 146 valence electrons. The fraction of sp³-hybridized carbons (Fsp3) is 0.368. The van der Waals surface area contributed by atoms with Gasteiger partial charge in [-0.2, -0.15) is 4.52 Å². The molecule has 0 aliphatic carbocycles. The molecule has 0 radical (unpaired) electrons. The number of hydrogen-bond donors (Lipinski definition) is 1. The number of carbonyl (C=O) groups excluding carboxylic acids is 1.